The van der Waals surface area contributed by atoms with E-state index in [2.05, 4.69) is 32.6 Å². The first-order valence-electron chi connectivity index (χ1n) is 13.1. The molecule has 39 heavy (non-hydrogen) atoms. The number of ether oxygens (including phenoxy) is 3. The van der Waals surface area contributed by atoms with E-state index in [4.69, 9.17) is 14.2 Å². The van der Waals surface area contributed by atoms with Crippen LogP contribution in [0.3, 0.4) is 0 Å². The van der Waals surface area contributed by atoms with Gasteiger partial charge in [0.25, 0.3) is 0 Å². The van der Waals surface area contributed by atoms with Crippen molar-refractivity contribution in [3.05, 3.63) is 89.0 Å². The Hall–Kier alpha value is -3.58. The van der Waals surface area contributed by atoms with Crippen molar-refractivity contribution in [1.29, 1.82) is 0 Å². The van der Waals surface area contributed by atoms with E-state index in [1.165, 1.54) is 13.4 Å². The van der Waals surface area contributed by atoms with Crippen molar-refractivity contribution in [2.24, 2.45) is 0 Å². The highest BCUT2D eigenvalue weighted by Crippen LogP contribution is 2.43. The van der Waals surface area contributed by atoms with E-state index in [0.29, 0.717) is 26.1 Å². The number of esters is 1. The summed E-state index contributed by atoms with van der Waals surface area (Å²) >= 11 is 0. The molecule has 4 rings (SSSR count). The number of rotatable bonds is 11. The normalized spacial score (nSPS) is 14.7. The average Bonchev–Trinajstić information content (AvgIpc) is 3.19. The first-order valence-corrected chi connectivity index (χ1v) is 15.1. The molecule has 0 saturated carbocycles. The van der Waals surface area contributed by atoms with Crippen LogP contribution in [0.25, 0.3) is 16.7 Å². The van der Waals surface area contributed by atoms with Gasteiger partial charge in [0.05, 0.1) is 25.9 Å². The third-order valence-electron chi connectivity index (χ3n) is 7.03. The quantitative estimate of drug-likeness (QED) is 0.203. The number of carbonyl (C=O) groups is 1. The molecule has 1 aliphatic rings. The molecule has 1 atom stereocenters. The molecule has 3 aromatic rings. The minimum atomic E-state index is -2.99. The number of sulfone groups is 1. The first-order chi connectivity index (χ1) is 18.5. The van der Waals surface area contributed by atoms with E-state index in [0.717, 1.165) is 62.4 Å². The van der Waals surface area contributed by atoms with Gasteiger partial charge in [0.15, 0.2) is 0 Å². The summed E-state index contributed by atoms with van der Waals surface area (Å²) in [7, 11) is -1.57. The number of benzene rings is 3. The second-order valence-corrected chi connectivity index (χ2v) is 12.5. The standard InChI is InChI=1S/C32H36O6S/c1-21-14-26(18-31(33)36-4)29-11-10-27(19-30(21)29)38-20-24-8-6-9-25(17-24)32-22(2)15-28(16-23(32)3)37-12-7-13-39(5,34)35/h6,8-11,15-17,19,26H,1,7,12-14,18,20H2,2-5H3. The van der Waals surface area contributed by atoms with Gasteiger partial charge in [0, 0.05) is 6.26 Å². The number of methoxy groups -OCH3 is 1. The fourth-order valence-electron chi connectivity index (χ4n) is 5.23. The molecule has 0 heterocycles. The van der Waals surface area contributed by atoms with Gasteiger partial charge in [-0.1, -0.05) is 30.8 Å². The van der Waals surface area contributed by atoms with Crippen molar-refractivity contribution in [2.75, 3.05) is 25.7 Å². The van der Waals surface area contributed by atoms with Crippen molar-refractivity contribution in [3.63, 3.8) is 0 Å². The molecule has 0 amide bonds. The molecule has 0 aromatic heterocycles. The van der Waals surface area contributed by atoms with Crippen LogP contribution in [0.4, 0.5) is 0 Å². The van der Waals surface area contributed by atoms with Crippen LogP contribution >= 0.6 is 0 Å². The first kappa shape index (κ1) is 28.4. The molecular formula is C32H36O6S. The molecule has 206 valence electrons. The van der Waals surface area contributed by atoms with E-state index in [1.807, 2.05) is 42.5 Å². The van der Waals surface area contributed by atoms with Gasteiger partial charge >= 0.3 is 5.97 Å². The van der Waals surface area contributed by atoms with Crippen LogP contribution in [0.5, 0.6) is 11.5 Å². The fraction of sp³-hybridized carbons (Fsp3) is 0.344. The van der Waals surface area contributed by atoms with Crippen LogP contribution < -0.4 is 9.47 Å². The third kappa shape index (κ3) is 7.30. The number of allylic oxidation sites excluding steroid dienone is 1. The Morgan fingerprint density at radius 3 is 2.44 bits per heavy atom. The minimum absolute atomic E-state index is 0.0986. The Bertz CT molecular complexity index is 1470. The number of fused-ring (bicyclic) bond motifs is 1. The SMILES string of the molecule is C=C1CC(CC(=O)OC)c2ccc(OCc3cccc(-c4c(C)cc(OCCCS(C)(=O)=O)cc4C)c3)cc21. The van der Waals surface area contributed by atoms with Gasteiger partial charge in [-0.05, 0) is 107 Å². The molecule has 3 aromatic carbocycles. The Morgan fingerprint density at radius 1 is 1.00 bits per heavy atom. The molecule has 6 nitrogen and oxygen atoms in total. The van der Waals surface area contributed by atoms with Crippen LogP contribution in [0.1, 0.15) is 53.0 Å². The lowest BCUT2D eigenvalue weighted by molar-refractivity contribution is -0.141. The summed E-state index contributed by atoms with van der Waals surface area (Å²) in [6.07, 6.45) is 2.80. The Labute approximate surface area is 231 Å². The zero-order valence-corrected chi connectivity index (χ0v) is 23.9. The highest BCUT2D eigenvalue weighted by atomic mass is 32.2. The Morgan fingerprint density at radius 2 is 1.74 bits per heavy atom. The molecular weight excluding hydrogens is 512 g/mol. The summed E-state index contributed by atoms with van der Waals surface area (Å²) in [4.78, 5) is 11.8. The maximum absolute atomic E-state index is 11.8. The molecule has 0 aliphatic heterocycles. The van der Waals surface area contributed by atoms with E-state index < -0.39 is 9.84 Å². The van der Waals surface area contributed by atoms with Crippen molar-refractivity contribution in [2.45, 2.75) is 45.6 Å². The molecule has 0 N–H and O–H groups in total. The third-order valence-corrected chi connectivity index (χ3v) is 8.06. The van der Waals surface area contributed by atoms with Gasteiger partial charge < -0.3 is 14.2 Å². The maximum atomic E-state index is 11.8. The summed E-state index contributed by atoms with van der Waals surface area (Å²) in [6, 6.07) is 18.3. The van der Waals surface area contributed by atoms with Crippen LogP contribution in [-0.4, -0.2) is 40.1 Å². The fourth-order valence-corrected chi connectivity index (χ4v) is 5.87. The molecule has 0 bridgehead atoms. The van der Waals surface area contributed by atoms with Gasteiger partial charge in [-0.25, -0.2) is 8.42 Å². The smallest absolute Gasteiger partial charge is 0.306 e. The predicted octanol–water partition coefficient (Wildman–Crippen LogP) is 6.43. The summed E-state index contributed by atoms with van der Waals surface area (Å²) < 4.78 is 39.5. The van der Waals surface area contributed by atoms with Crippen LogP contribution in [0.2, 0.25) is 0 Å². The van der Waals surface area contributed by atoms with Gasteiger partial charge in [-0.15, -0.1) is 0 Å². The largest absolute Gasteiger partial charge is 0.494 e. The predicted molar refractivity (Wildman–Crippen MR) is 155 cm³/mol. The van der Waals surface area contributed by atoms with Crippen molar-refractivity contribution < 1.29 is 27.4 Å². The van der Waals surface area contributed by atoms with Gasteiger partial charge in [0.1, 0.15) is 27.9 Å². The van der Waals surface area contributed by atoms with E-state index in [9.17, 15) is 13.2 Å². The second kappa shape index (κ2) is 12.1. The van der Waals surface area contributed by atoms with Crippen LogP contribution in [0, 0.1) is 13.8 Å². The van der Waals surface area contributed by atoms with Crippen LogP contribution in [0.15, 0.2) is 61.2 Å². The molecule has 0 spiro atoms. The minimum Gasteiger partial charge on any atom is -0.494 e. The summed E-state index contributed by atoms with van der Waals surface area (Å²) in [5, 5.41) is 0. The molecule has 0 fully saturated rings. The lowest BCUT2D eigenvalue weighted by Gasteiger charge is -2.15. The lowest BCUT2D eigenvalue weighted by Crippen LogP contribution is -2.08. The molecule has 0 saturated heterocycles. The average molecular weight is 549 g/mol. The topological polar surface area (TPSA) is 78.9 Å². The van der Waals surface area contributed by atoms with Crippen molar-refractivity contribution in [1.82, 2.24) is 0 Å². The number of hydrogen-bond acceptors (Lipinski definition) is 6. The van der Waals surface area contributed by atoms with Gasteiger partial charge in [-0.2, -0.15) is 0 Å². The Balaban J connectivity index is 1.43. The monoisotopic (exact) mass is 548 g/mol. The molecule has 0 radical (unpaired) electrons. The number of aryl methyl sites for hydroxylation is 2. The van der Waals surface area contributed by atoms with Gasteiger partial charge in [0.2, 0.25) is 0 Å². The zero-order chi connectivity index (χ0) is 28.2. The van der Waals surface area contributed by atoms with Crippen LogP contribution in [-0.2, 0) is 26.0 Å². The second-order valence-electron chi connectivity index (χ2n) is 10.3. The number of carbonyl (C=O) groups excluding carboxylic acids is 1. The lowest BCUT2D eigenvalue weighted by atomic mass is 9.94. The highest BCUT2D eigenvalue weighted by molar-refractivity contribution is 7.90. The summed E-state index contributed by atoms with van der Waals surface area (Å²) in [5.74, 6) is 1.52. The highest BCUT2D eigenvalue weighted by Gasteiger charge is 2.28. The summed E-state index contributed by atoms with van der Waals surface area (Å²) in [6.45, 7) is 9.09. The Kier molecular flexibility index (Phi) is 8.80. The van der Waals surface area contributed by atoms with Crippen molar-refractivity contribution in [3.8, 4) is 22.6 Å². The van der Waals surface area contributed by atoms with E-state index >= 15 is 0 Å². The van der Waals surface area contributed by atoms with Gasteiger partial charge in [-0.3, -0.25) is 4.79 Å². The molecule has 1 aliphatic carbocycles. The summed E-state index contributed by atoms with van der Waals surface area (Å²) in [5.41, 5.74) is 8.66. The molecule has 7 heteroatoms. The number of hydrogen-bond donors (Lipinski definition) is 0. The van der Waals surface area contributed by atoms with Crippen molar-refractivity contribution >= 4 is 21.4 Å². The molecule has 1 unspecified atom stereocenters. The van der Waals surface area contributed by atoms with E-state index in [-0.39, 0.29) is 17.6 Å². The van der Waals surface area contributed by atoms with E-state index in [1.54, 1.807) is 0 Å². The zero-order valence-electron chi connectivity index (χ0n) is 23.1. The maximum Gasteiger partial charge on any atom is 0.306 e.